The Kier molecular flexibility index (Phi) is 97.0. The summed E-state index contributed by atoms with van der Waals surface area (Å²) in [5, 5.41) is 20.8. The Morgan fingerprint density at radius 2 is 0.388 bits per heavy atom. The summed E-state index contributed by atoms with van der Waals surface area (Å²) in [6, 6.07) is 0. The lowest BCUT2D eigenvalue weighted by atomic mass is 10.0. The van der Waals surface area contributed by atoms with Crippen molar-refractivity contribution in [1.29, 1.82) is 0 Å². The lowest BCUT2D eigenvalue weighted by Gasteiger charge is -2.21. The largest absolute Gasteiger partial charge is 0.472 e. The number of allylic oxidation sites excluding steroid dienone is 32. The number of ether oxygens (including phenoxy) is 3. The molecule has 18 heteroatoms. The second-order valence-electron chi connectivity index (χ2n) is 34.2. The topological polar surface area (TPSA) is 231 Å². The minimum atomic E-state index is -4.95. The van der Waals surface area contributed by atoms with Crippen molar-refractivity contribution in [2.24, 2.45) is 0 Å². The molecule has 0 aliphatic carbocycles. The SMILES string of the molecule is CC/C=C\C/C=C\C/C=C\C/C=C\C/C=C\C/C=C\CCCCCCCCCCCCCCCCC(=O)OCC(COP(=O)(O)OCC(O)COP(=O)(O)OCC(O)COC(=O)CCCCCCCCCCCCCCCCCCCCC/C=C\C/C=C\C/C=C\C/C=C\C/C=C\CC)OC(=O)CCCCCCCCCCC/C=C\C/C=C\C/C=C\C/C=C\C/C=C\CC. The third-order valence-electron chi connectivity index (χ3n) is 21.8. The molecule has 0 spiro atoms. The van der Waals surface area contributed by atoms with Gasteiger partial charge >= 0.3 is 33.6 Å². The van der Waals surface area contributed by atoms with E-state index in [1.807, 2.05) is 0 Å². The molecule has 4 N–H and O–H groups in total. The van der Waals surface area contributed by atoms with Crippen molar-refractivity contribution in [2.75, 3.05) is 39.6 Å². The number of esters is 3. The fourth-order valence-electron chi connectivity index (χ4n) is 14.1. The molecule has 5 atom stereocenters. The van der Waals surface area contributed by atoms with E-state index in [-0.39, 0.29) is 19.3 Å². The molecule has 0 fully saturated rings. The van der Waals surface area contributed by atoms with Crippen LogP contribution in [-0.2, 0) is 55.8 Å². The van der Waals surface area contributed by atoms with E-state index < -0.39 is 91.5 Å². The first-order valence-corrected chi connectivity index (χ1v) is 54.7. The van der Waals surface area contributed by atoms with Crippen LogP contribution in [0.4, 0.5) is 0 Å². The van der Waals surface area contributed by atoms with Gasteiger partial charge in [0.05, 0.1) is 26.4 Å². The molecule has 0 heterocycles. The second-order valence-corrected chi connectivity index (χ2v) is 37.1. The number of carbonyl (C=O) groups excluding carboxylic acids is 3. The van der Waals surface area contributed by atoms with E-state index in [4.69, 9.17) is 32.3 Å². The number of phosphoric ester groups is 2. The van der Waals surface area contributed by atoms with E-state index in [1.54, 1.807) is 0 Å². The molecule has 0 radical (unpaired) electrons. The van der Waals surface area contributed by atoms with Crippen LogP contribution in [-0.4, -0.2) is 95.9 Å². The summed E-state index contributed by atoms with van der Waals surface area (Å²) in [5.74, 6) is -1.57. The summed E-state index contributed by atoms with van der Waals surface area (Å²) >= 11 is 0. The van der Waals surface area contributed by atoms with Crippen LogP contribution in [0.3, 0.4) is 0 Å². The summed E-state index contributed by atoms with van der Waals surface area (Å²) in [6.07, 6.45) is 136. The molecular weight excluding hydrogens is 1650 g/mol. The van der Waals surface area contributed by atoms with Crippen molar-refractivity contribution in [1.82, 2.24) is 0 Å². The van der Waals surface area contributed by atoms with E-state index in [9.17, 15) is 43.5 Å². The van der Waals surface area contributed by atoms with Gasteiger partial charge < -0.3 is 34.2 Å². The normalized spacial score (nSPS) is 14.4. The molecule has 0 bridgehead atoms. The van der Waals surface area contributed by atoms with Crippen molar-refractivity contribution >= 4 is 33.6 Å². The fraction of sp³-hybridized carbons (Fsp3) is 0.685. The van der Waals surface area contributed by atoms with Crippen molar-refractivity contribution < 1.29 is 75.8 Å². The zero-order valence-electron chi connectivity index (χ0n) is 81.8. The second kappa shape index (κ2) is 101. The Hall–Kier alpha value is -5.61. The van der Waals surface area contributed by atoms with Crippen LogP contribution in [0.15, 0.2) is 194 Å². The molecule has 5 unspecified atom stereocenters. The van der Waals surface area contributed by atoms with Crippen LogP contribution in [0.1, 0.15) is 432 Å². The summed E-state index contributed by atoms with van der Waals surface area (Å²) in [4.78, 5) is 59.2. The van der Waals surface area contributed by atoms with Gasteiger partial charge in [0.2, 0.25) is 0 Å². The highest BCUT2D eigenvalue weighted by Crippen LogP contribution is 2.45. The number of hydrogen-bond donors (Lipinski definition) is 4. The molecule has 0 saturated carbocycles. The summed E-state index contributed by atoms with van der Waals surface area (Å²) in [5.41, 5.74) is 0. The van der Waals surface area contributed by atoms with Crippen molar-refractivity contribution in [2.45, 2.75) is 450 Å². The maximum absolute atomic E-state index is 13.1. The molecular formula is C111H188O16P2. The summed E-state index contributed by atoms with van der Waals surface area (Å²) in [6.45, 7) is 2.40. The Morgan fingerprint density at radius 3 is 0.612 bits per heavy atom. The van der Waals surface area contributed by atoms with Gasteiger partial charge in [-0.2, -0.15) is 0 Å². The quantitative estimate of drug-likeness (QED) is 0.0146. The van der Waals surface area contributed by atoms with Crippen LogP contribution >= 0.6 is 15.6 Å². The molecule has 16 nitrogen and oxygen atoms in total. The predicted molar refractivity (Wildman–Crippen MR) is 546 cm³/mol. The van der Waals surface area contributed by atoms with Gasteiger partial charge in [0.1, 0.15) is 25.4 Å². The van der Waals surface area contributed by atoms with Crippen molar-refractivity contribution in [3.8, 4) is 0 Å². The van der Waals surface area contributed by atoms with E-state index in [0.717, 1.165) is 186 Å². The molecule has 0 aliphatic rings. The third kappa shape index (κ3) is 103. The van der Waals surface area contributed by atoms with Gasteiger partial charge in [0.25, 0.3) is 0 Å². The number of aliphatic hydroxyl groups excluding tert-OH is 2. The zero-order chi connectivity index (χ0) is 93.5. The highest BCUT2D eigenvalue weighted by atomic mass is 31.2. The van der Waals surface area contributed by atoms with Gasteiger partial charge in [-0.15, -0.1) is 0 Å². The summed E-state index contributed by atoms with van der Waals surface area (Å²) < 4.78 is 61.7. The molecule has 0 aromatic rings. The Labute approximate surface area is 788 Å². The van der Waals surface area contributed by atoms with Crippen LogP contribution in [0.25, 0.3) is 0 Å². The highest BCUT2D eigenvalue weighted by molar-refractivity contribution is 7.47. The zero-order valence-corrected chi connectivity index (χ0v) is 83.6. The number of phosphoric acid groups is 2. The average Bonchev–Trinajstić information content (AvgIpc) is 0.898. The molecule has 738 valence electrons. The van der Waals surface area contributed by atoms with E-state index in [1.165, 1.54) is 186 Å². The molecule has 0 aromatic heterocycles. The summed E-state index contributed by atoms with van der Waals surface area (Å²) in [7, 11) is -9.82. The van der Waals surface area contributed by atoms with Crippen LogP contribution < -0.4 is 0 Å². The minimum absolute atomic E-state index is 0.0927. The lowest BCUT2D eigenvalue weighted by molar-refractivity contribution is -0.161. The van der Waals surface area contributed by atoms with Gasteiger partial charge in [0, 0.05) is 19.3 Å². The Bertz CT molecular complexity index is 3130. The van der Waals surface area contributed by atoms with Gasteiger partial charge in [-0.1, -0.05) is 446 Å². The molecule has 129 heavy (non-hydrogen) atoms. The van der Waals surface area contributed by atoms with Crippen molar-refractivity contribution in [3.05, 3.63) is 194 Å². The Balaban J connectivity index is 4.58. The number of rotatable bonds is 97. The Morgan fingerprint density at radius 1 is 0.217 bits per heavy atom. The maximum atomic E-state index is 13.1. The van der Waals surface area contributed by atoms with Gasteiger partial charge in [-0.05, 0) is 161 Å². The van der Waals surface area contributed by atoms with E-state index in [2.05, 4.69) is 215 Å². The first-order valence-electron chi connectivity index (χ1n) is 51.7. The molecule has 0 rings (SSSR count). The van der Waals surface area contributed by atoms with Gasteiger partial charge in [-0.3, -0.25) is 32.5 Å². The number of unbranched alkanes of at least 4 members (excludes halogenated alkanes) is 42. The van der Waals surface area contributed by atoms with Gasteiger partial charge in [-0.25, -0.2) is 9.13 Å². The molecule has 0 saturated heterocycles. The number of hydrogen-bond acceptors (Lipinski definition) is 14. The standard InChI is InChI=1S/C111H188O16P2/c1-4-7-10-13-16-19-22-25-28-31-34-37-40-43-45-47-49-51-52-54-56-57-59-62-64-67-70-73-76-79-82-85-88-91-94-97-109(114)121-100-106(112)101-123-128(117,118)124-102-107(113)103-125-129(119,120)126-105-108(127-111(116)99-96-93-90-87-84-81-78-75-72-69-66-61-42-39-36-33-30-27-24-21-18-15-12-9-6-3)104-122-110(115)98-95-92-89-86-83-80-77-74-71-68-65-63-60-58-55-53-50-48-46-44-41-38-35-32-29-26-23-20-17-14-11-8-5-2/h7-12,16-21,25-30,34-39,43-46,50,53,61,66,106-108,112-113H,4-6,13-15,22-24,31-33,40-42,47-49,51-52,54-60,62-65,67-105H2,1-3H3,(H,117,118)(H,119,120)/b10-7-,11-8-,12-9-,19-16-,20-17-,21-18-,28-25-,29-26-,30-27-,37-34-,38-35-,39-36-,45-43-,46-44-,53-50-,66-61-. The van der Waals surface area contributed by atoms with Crippen LogP contribution in [0, 0.1) is 0 Å². The van der Waals surface area contributed by atoms with Crippen molar-refractivity contribution in [3.63, 3.8) is 0 Å². The molecule has 0 amide bonds. The van der Waals surface area contributed by atoms with Crippen LogP contribution in [0.5, 0.6) is 0 Å². The number of carbonyl (C=O) groups is 3. The van der Waals surface area contributed by atoms with Gasteiger partial charge in [0.15, 0.2) is 6.10 Å². The molecule has 0 aromatic carbocycles. The lowest BCUT2D eigenvalue weighted by Crippen LogP contribution is -2.30. The average molecular weight is 1840 g/mol. The smallest absolute Gasteiger partial charge is 0.463 e. The monoisotopic (exact) mass is 1840 g/mol. The first kappa shape index (κ1) is 123. The minimum Gasteiger partial charge on any atom is -0.463 e. The maximum Gasteiger partial charge on any atom is 0.472 e. The highest BCUT2D eigenvalue weighted by Gasteiger charge is 2.30. The first-order chi connectivity index (χ1) is 63.2. The van der Waals surface area contributed by atoms with E-state index in [0.29, 0.717) is 19.3 Å². The van der Waals surface area contributed by atoms with Crippen LogP contribution in [0.2, 0.25) is 0 Å². The predicted octanol–water partition coefficient (Wildman–Crippen LogP) is 32.9. The van der Waals surface area contributed by atoms with E-state index >= 15 is 0 Å². The third-order valence-corrected chi connectivity index (χ3v) is 23.7. The fourth-order valence-corrected chi connectivity index (χ4v) is 15.7. The number of aliphatic hydroxyl groups is 2. The molecule has 0 aliphatic heterocycles.